The summed E-state index contributed by atoms with van der Waals surface area (Å²) in [5.41, 5.74) is 5.03. The van der Waals surface area contributed by atoms with Crippen LogP contribution in [0.25, 0.3) is 0 Å². The molecule has 1 heterocycles. The van der Waals surface area contributed by atoms with Crippen molar-refractivity contribution < 1.29 is 14.3 Å². The lowest BCUT2D eigenvalue weighted by Gasteiger charge is -2.38. The molecule has 0 N–H and O–H groups in total. The maximum atomic E-state index is 13.7. The van der Waals surface area contributed by atoms with Crippen LogP contribution < -0.4 is 14.4 Å². The summed E-state index contributed by atoms with van der Waals surface area (Å²) < 4.78 is 11.1. The molecule has 1 aliphatic heterocycles. The maximum absolute atomic E-state index is 13.7. The van der Waals surface area contributed by atoms with Gasteiger partial charge in [0.25, 0.3) is 5.91 Å². The van der Waals surface area contributed by atoms with Crippen LogP contribution in [0.5, 0.6) is 11.5 Å². The molecule has 1 amide bonds. The number of nitrogens with zero attached hydrogens (tertiary/aromatic N) is 2. The molecule has 3 aromatic rings. The Morgan fingerprint density at radius 3 is 2.32 bits per heavy atom. The molecular weight excluding hydrogens is 388 g/mol. The van der Waals surface area contributed by atoms with Gasteiger partial charge >= 0.3 is 0 Å². The molecule has 0 bridgehead atoms. The van der Waals surface area contributed by atoms with Crippen molar-refractivity contribution in [1.29, 1.82) is 0 Å². The number of methoxy groups -OCH3 is 2. The molecule has 0 saturated carbocycles. The van der Waals surface area contributed by atoms with Gasteiger partial charge in [-0.25, -0.2) is 0 Å². The van der Waals surface area contributed by atoms with Crippen LogP contribution in [0.2, 0.25) is 0 Å². The summed E-state index contributed by atoms with van der Waals surface area (Å²) in [5, 5.41) is 0. The highest BCUT2D eigenvalue weighted by molar-refractivity contribution is 5.96. The zero-order valence-electron chi connectivity index (χ0n) is 18.5. The molecule has 1 aliphatic rings. The standard InChI is InChI=1S/C26H28N2O3/c1-27(2)21-12-8-11-20(15-21)26(29)28-14-13-19-16-23(30-3)24(31-4)17-22(19)25(28)18-9-6-5-7-10-18/h5-12,15-17,25H,13-14H2,1-4H3/t25-/m1/s1. The van der Waals surface area contributed by atoms with Gasteiger partial charge in [0, 0.05) is 31.9 Å². The van der Waals surface area contributed by atoms with Crippen LogP contribution in [0, 0.1) is 0 Å². The second kappa shape index (κ2) is 8.72. The number of hydrogen-bond donors (Lipinski definition) is 0. The number of ether oxygens (including phenoxy) is 2. The fourth-order valence-electron chi connectivity index (χ4n) is 4.24. The molecule has 160 valence electrons. The summed E-state index contributed by atoms with van der Waals surface area (Å²) in [5.74, 6) is 1.41. The van der Waals surface area contributed by atoms with Gasteiger partial charge in [0.1, 0.15) is 0 Å². The average Bonchev–Trinajstić information content (AvgIpc) is 2.82. The Bertz CT molecular complexity index is 1080. The SMILES string of the molecule is COc1cc2c(cc1OC)[C@@H](c1ccccc1)N(C(=O)c1cccc(N(C)C)c1)CC2. The van der Waals surface area contributed by atoms with Crippen molar-refractivity contribution in [3.05, 3.63) is 89.0 Å². The van der Waals surface area contributed by atoms with E-state index in [9.17, 15) is 4.79 Å². The zero-order valence-corrected chi connectivity index (χ0v) is 18.5. The minimum atomic E-state index is -0.194. The fourth-order valence-corrected chi connectivity index (χ4v) is 4.24. The quantitative estimate of drug-likeness (QED) is 0.612. The molecular formula is C26H28N2O3. The number of amides is 1. The normalized spacial score (nSPS) is 15.2. The lowest BCUT2D eigenvalue weighted by molar-refractivity contribution is 0.0694. The molecule has 31 heavy (non-hydrogen) atoms. The Hall–Kier alpha value is -3.47. The van der Waals surface area contributed by atoms with E-state index in [0.717, 1.165) is 23.2 Å². The van der Waals surface area contributed by atoms with Gasteiger partial charge in [0.05, 0.1) is 20.3 Å². The number of benzene rings is 3. The third kappa shape index (κ3) is 3.96. The highest BCUT2D eigenvalue weighted by Crippen LogP contribution is 2.41. The molecule has 1 atom stereocenters. The van der Waals surface area contributed by atoms with Crippen molar-refractivity contribution in [3.8, 4) is 11.5 Å². The van der Waals surface area contributed by atoms with Crippen LogP contribution in [-0.2, 0) is 6.42 Å². The minimum absolute atomic E-state index is 0.0259. The van der Waals surface area contributed by atoms with E-state index >= 15 is 0 Å². The van der Waals surface area contributed by atoms with Gasteiger partial charge in [-0.15, -0.1) is 0 Å². The number of hydrogen-bond acceptors (Lipinski definition) is 4. The van der Waals surface area contributed by atoms with Crippen LogP contribution in [0.4, 0.5) is 5.69 Å². The van der Waals surface area contributed by atoms with E-state index in [1.807, 2.05) is 78.5 Å². The van der Waals surface area contributed by atoms with Gasteiger partial charge in [-0.3, -0.25) is 4.79 Å². The summed E-state index contributed by atoms with van der Waals surface area (Å²) in [4.78, 5) is 17.7. The van der Waals surface area contributed by atoms with Gasteiger partial charge in [0.2, 0.25) is 0 Å². The smallest absolute Gasteiger partial charge is 0.254 e. The summed E-state index contributed by atoms with van der Waals surface area (Å²) in [6.45, 7) is 0.632. The van der Waals surface area contributed by atoms with Gasteiger partial charge in [-0.2, -0.15) is 0 Å². The molecule has 0 aromatic heterocycles. The molecule has 4 rings (SSSR count). The molecule has 0 aliphatic carbocycles. The summed E-state index contributed by atoms with van der Waals surface area (Å²) in [6, 6.07) is 21.8. The highest BCUT2D eigenvalue weighted by atomic mass is 16.5. The van der Waals surface area contributed by atoms with E-state index in [1.165, 1.54) is 5.56 Å². The molecule has 0 saturated heterocycles. The fraction of sp³-hybridized carbons (Fsp3) is 0.269. The summed E-state index contributed by atoms with van der Waals surface area (Å²) >= 11 is 0. The van der Waals surface area contributed by atoms with Crippen molar-refractivity contribution in [1.82, 2.24) is 4.90 Å². The van der Waals surface area contributed by atoms with Gasteiger partial charge in [-0.05, 0) is 53.4 Å². The van der Waals surface area contributed by atoms with Crippen LogP contribution in [0.1, 0.15) is 33.1 Å². The van der Waals surface area contributed by atoms with Crippen molar-refractivity contribution in [3.63, 3.8) is 0 Å². The highest BCUT2D eigenvalue weighted by Gasteiger charge is 2.33. The van der Waals surface area contributed by atoms with Crippen molar-refractivity contribution >= 4 is 11.6 Å². The second-order valence-electron chi connectivity index (χ2n) is 7.91. The molecule has 0 radical (unpaired) electrons. The third-order valence-corrected chi connectivity index (χ3v) is 5.86. The molecule has 0 spiro atoms. The van der Waals surface area contributed by atoms with E-state index in [2.05, 4.69) is 12.1 Å². The first kappa shape index (κ1) is 20.8. The molecule has 3 aromatic carbocycles. The van der Waals surface area contributed by atoms with Crippen molar-refractivity contribution in [2.24, 2.45) is 0 Å². The lowest BCUT2D eigenvalue weighted by atomic mass is 9.87. The minimum Gasteiger partial charge on any atom is -0.493 e. The van der Waals surface area contributed by atoms with Gasteiger partial charge < -0.3 is 19.3 Å². The Morgan fingerprint density at radius 2 is 1.65 bits per heavy atom. The van der Waals surface area contributed by atoms with E-state index in [1.54, 1.807) is 14.2 Å². The number of carbonyl (C=O) groups is 1. The first-order valence-electron chi connectivity index (χ1n) is 10.4. The number of rotatable bonds is 5. The lowest BCUT2D eigenvalue weighted by Crippen LogP contribution is -2.40. The summed E-state index contributed by atoms with van der Waals surface area (Å²) in [7, 11) is 7.25. The van der Waals surface area contributed by atoms with Gasteiger partial charge in [-0.1, -0.05) is 36.4 Å². The zero-order chi connectivity index (χ0) is 22.0. The third-order valence-electron chi connectivity index (χ3n) is 5.86. The van der Waals surface area contributed by atoms with E-state index in [0.29, 0.717) is 23.6 Å². The molecule has 0 fully saturated rings. The number of carbonyl (C=O) groups excluding carboxylic acids is 1. The van der Waals surface area contributed by atoms with Crippen LogP contribution >= 0.6 is 0 Å². The van der Waals surface area contributed by atoms with E-state index in [-0.39, 0.29) is 11.9 Å². The predicted molar refractivity (Wildman–Crippen MR) is 123 cm³/mol. The summed E-state index contributed by atoms with van der Waals surface area (Å²) in [6.07, 6.45) is 0.762. The first-order chi connectivity index (χ1) is 15.0. The van der Waals surface area contributed by atoms with Crippen molar-refractivity contribution in [2.75, 3.05) is 39.8 Å². The Labute approximate surface area is 183 Å². The van der Waals surface area contributed by atoms with Crippen LogP contribution in [0.15, 0.2) is 66.7 Å². The van der Waals surface area contributed by atoms with E-state index in [4.69, 9.17) is 9.47 Å². The predicted octanol–water partition coefficient (Wildman–Crippen LogP) is 4.56. The van der Waals surface area contributed by atoms with Crippen molar-refractivity contribution in [2.45, 2.75) is 12.5 Å². The van der Waals surface area contributed by atoms with E-state index < -0.39 is 0 Å². The largest absolute Gasteiger partial charge is 0.493 e. The van der Waals surface area contributed by atoms with Gasteiger partial charge in [0.15, 0.2) is 11.5 Å². The molecule has 0 unspecified atom stereocenters. The average molecular weight is 417 g/mol. The maximum Gasteiger partial charge on any atom is 0.254 e. The number of fused-ring (bicyclic) bond motifs is 1. The van der Waals surface area contributed by atoms with Crippen LogP contribution in [-0.4, -0.2) is 45.7 Å². The Morgan fingerprint density at radius 1 is 0.935 bits per heavy atom. The number of anilines is 1. The first-order valence-corrected chi connectivity index (χ1v) is 10.4. The van der Waals surface area contributed by atoms with Crippen LogP contribution in [0.3, 0.4) is 0 Å². The Kier molecular flexibility index (Phi) is 5.85. The Balaban J connectivity index is 1.82. The molecule has 5 nitrogen and oxygen atoms in total. The topological polar surface area (TPSA) is 42.0 Å². The second-order valence-corrected chi connectivity index (χ2v) is 7.91. The monoisotopic (exact) mass is 416 g/mol. The molecule has 5 heteroatoms.